The van der Waals surface area contributed by atoms with Crippen molar-refractivity contribution in [2.24, 2.45) is 0 Å². The lowest BCUT2D eigenvalue weighted by atomic mass is 9.92. The SMILES string of the molecule is O=S(=O)(NCC(c1ccccc1)c1ccccc1)c1cccc(S(=O)(=O)NC2CC2)c1. The second-order valence-electron chi connectivity index (χ2n) is 7.60. The van der Waals surface area contributed by atoms with E-state index < -0.39 is 20.0 Å². The number of benzene rings is 3. The van der Waals surface area contributed by atoms with Gasteiger partial charge in [-0.1, -0.05) is 66.7 Å². The first-order valence-electron chi connectivity index (χ1n) is 10.1. The number of sulfonamides is 2. The summed E-state index contributed by atoms with van der Waals surface area (Å²) in [6.45, 7) is 0.146. The summed E-state index contributed by atoms with van der Waals surface area (Å²) < 4.78 is 56.2. The Balaban J connectivity index is 1.57. The minimum Gasteiger partial charge on any atom is -0.210 e. The molecule has 1 saturated carbocycles. The smallest absolute Gasteiger partial charge is 0.210 e. The Morgan fingerprint density at radius 1 is 0.710 bits per heavy atom. The molecule has 0 heterocycles. The molecule has 2 N–H and O–H groups in total. The average Bonchev–Trinajstić information content (AvgIpc) is 3.59. The maximum atomic E-state index is 13.0. The summed E-state index contributed by atoms with van der Waals surface area (Å²) in [7, 11) is -7.65. The van der Waals surface area contributed by atoms with Crippen LogP contribution in [0, 0.1) is 0 Å². The Hall–Kier alpha value is -2.52. The molecule has 31 heavy (non-hydrogen) atoms. The van der Waals surface area contributed by atoms with Crippen molar-refractivity contribution in [1.29, 1.82) is 0 Å². The second-order valence-corrected chi connectivity index (χ2v) is 11.1. The highest BCUT2D eigenvalue weighted by Crippen LogP contribution is 2.26. The van der Waals surface area contributed by atoms with Crippen LogP contribution in [0.3, 0.4) is 0 Å². The lowest BCUT2D eigenvalue weighted by Crippen LogP contribution is -2.30. The van der Waals surface area contributed by atoms with Gasteiger partial charge in [0.1, 0.15) is 0 Å². The van der Waals surface area contributed by atoms with E-state index in [0.717, 1.165) is 24.0 Å². The van der Waals surface area contributed by atoms with Gasteiger partial charge in [0.05, 0.1) is 9.79 Å². The molecule has 1 fully saturated rings. The van der Waals surface area contributed by atoms with Crippen molar-refractivity contribution < 1.29 is 16.8 Å². The zero-order valence-electron chi connectivity index (χ0n) is 16.8. The summed E-state index contributed by atoms with van der Waals surface area (Å²) in [4.78, 5) is -0.129. The Kier molecular flexibility index (Phi) is 6.24. The van der Waals surface area contributed by atoms with E-state index in [1.807, 2.05) is 60.7 Å². The van der Waals surface area contributed by atoms with E-state index in [-0.39, 0.29) is 28.3 Å². The van der Waals surface area contributed by atoms with Gasteiger partial charge in [-0.25, -0.2) is 26.3 Å². The lowest BCUT2D eigenvalue weighted by molar-refractivity contribution is 0.576. The predicted octanol–water partition coefficient (Wildman–Crippen LogP) is 3.24. The van der Waals surface area contributed by atoms with Crippen molar-refractivity contribution in [3.05, 3.63) is 96.1 Å². The van der Waals surface area contributed by atoms with Crippen molar-refractivity contribution >= 4 is 20.0 Å². The number of rotatable bonds is 9. The fourth-order valence-electron chi connectivity index (χ4n) is 3.37. The molecule has 4 rings (SSSR count). The number of hydrogen-bond donors (Lipinski definition) is 2. The van der Waals surface area contributed by atoms with E-state index in [9.17, 15) is 16.8 Å². The number of hydrogen-bond acceptors (Lipinski definition) is 4. The van der Waals surface area contributed by atoms with Crippen LogP contribution in [0.1, 0.15) is 29.9 Å². The van der Waals surface area contributed by atoms with Gasteiger partial charge in [0.2, 0.25) is 20.0 Å². The molecule has 1 aliphatic rings. The van der Waals surface area contributed by atoms with Gasteiger partial charge in [-0.05, 0) is 42.2 Å². The van der Waals surface area contributed by atoms with Gasteiger partial charge in [0, 0.05) is 18.5 Å². The summed E-state index contributed by atoms with van der Waals surface area (Å²) in [6, 6.07) is 24.7. The minimum atomic E-state index is -3.91. The molecule has 0 atom stereocenters. The van der Waals surface area contributed by atoms with Crippen molar-refractivity contribution in [3.63, 3.8) is 0 Å². The molecule has 162 valence electrons. The Morgan fingerprint density at radius 3 is 1.74 bits per heavy atom. The molecule has 3 aromatic rings. The molecule has 0 unspecified atom stereocenters. The topological polar surface area (TPSA) is 92.3 Å². The molecular weight excluding hydrogens is 432 g/mol. The lowest BCUT2D eigenvalue weighted by Gasteiger charge is -2.19. The highest BCUT2D eigenvalue weighted by Gasteiger charge is 2.29. The second kappa shape index (κ2) is 8.92. The molecule has 0 aromatic heterocycles. The molecule has 0 radical (unpaired) electrons. The van der Waals surface area contributed by atoms with E-state index in [2.05, 4.69) is 9.44 Å². The molecule has 0 spiro atoms. The quantitative estimate of drug-likeness (QED) is 0.517. The first-order chi connectivity index (χ1) is 14.9. The standard InChI is InChI=1S/C23H24N2O4S2/c26-30(27,21-12-7-13-22(16-21)31(28,29)25-20-14-15-20)24-17-23(18-8-3-1-4-9-18)19-10-5-2-6-11-19/h1-13,16,20,23-25H,14-15,17H2. The fourth-order valence-corrected chi connectivity index (χ4v) is 5.89. The molecule has 0 bridgehead atoms. The summed E-state index contributed by atoms with van der Waals surface area (Å²) in [5, 5.41) is 0. The van der Waals surface area contributed by atoms with Gasteiger partial charge < -0.3 is 0 Å². The zero-order chi connectivity index (χ0) is 21.9. The molecule has 8 heteroatoms. The normalized spacial score (nSPS) is 14.6. The van der Waals surface area contributed by atoms with Crippen LogP contribution in [0.5, 0.6) is 0 Å². The third kappa shape index (κ3) is 5.40. The third-order valence-electron chi connectivity index (χ3n) is 5.21. The maximum absolute atomic E-state index is 13.0. The van der Waals surface area contributed by atoms with Gasteiger partial charge in [-0.2, -0.15) is 0 Å². The van der Waals surface area contributed by atoms with E-state index in [1.165, 1.54) is 24.3 Å². The Bertz CT molecular complexity index is 1200. The van der Waals surface area contributed by atoms with E-state index >= 15 is 0 Å². The monoisotopic (exact) mass is 456 g/mol. The predicted molar refractivity (Wildman–Crippen MR) is 120 cm³/mol. The van der Waals surface area contributed by atoms with E-state index in [0.29, 0.717) is 0 Å². The molecule has 3 aromatic carbocycles. The first kappa shape index (κ1) is 21.7. The summed E-state index contributed by atoms with van der Waals surface area (Å²) in [5.74, 6) is -0.180. The van der Waals surface area contributed by atoms with E-state index in [4.69, 9.17) is 0 Å². The summed E-state index contributed by atoms with van der Waals surface area (Å²) in [5.41, 5.74) is 1.97. The third-order valence-corrected chi connectivity index (χ3v) is 8.15. The van der Waals surface area contributed by atoms with Crippen LogP contribution in [-0.4, -0.2) is 29.4 Å². The maximum Gasteiger partial charge on any atom is 0.240 e. The highest BCUT2D eigenvalue weighted by molar-refractivity contribution is 7.90. The van der Waals surface area contributed by atoms with Crippen molar-refractivity contribution in [2.75, 3.05) is 6.54 Å². The van der Waals surface area contributed by atoms with Crippen LogP contribution in [-0.2, 0) is 20.0 Å². The minimum absolute atomic E-state index is 0.0510. The highest BCUT2D eigenvalue weighted by atomic mass is 32.2. The largest absolute Gasteiger partial charge is 0.240 e. The van der Waals surface area contributed by atoms with Crippen molar-refractivity contribution in [1.82, 2.24) is 9.44 Å². The summed E-state index contributed by atoms with van der Waals surface area (Å²) >= 11 is 0. The van der Waals surface area contributed by atoms with Crippen LogP contribution in [0.4, 0.5) is 0 Å². The van der Waals surface area contributed by atoms with Crippen molar-refractivity contribution in [2.45, 2.75) is 34.6 Å². The molecule has 1 aliphatic carbocycles. The van der Waals surface area contributed by atoms with Gasteiger partial charge in [0.15, 0.2) is 0 Å². The molecule has 6 nitrogen and oxygen atoms in total. The fraction of sp³-hybridized carbons (Fsp3) is 0.217. The van der Waals surface area contributed by atoms with Gasteiger partial charge >= 0.3 is 0 Å². The average molecular weight is 457 g/mol. The number of nitrogens with one attached hydrogen (secondary N) is 2. The molecule has 0 aliphatic heterocycles. The first-order valence-corrected chi connectivity index (χ1v) is 13.0. The Morgan fingerprint density at radius 2 is 1.23 bits per heavy atom. The van der Waals surface area contributed by atoms with Crippen molar-refractivity contribution in [3.8, 4) is 0 Å². The van der Waals surface area contributed by atoms with E-state index in [1.54, 1.807) is 0 Å². The van der Waals surface area contributed by atoms with Crippen LogP contribution in [0.2, 0.25) is 0 Å². The molecule has 0 saturated heterocycles. The van der Waals surface area contributed by atoms with Gasteiger partial charge in [-0.15, -0.1) is 0 Å². The van der Waals surface area contributed by atoms with Crippen LogP contribution < -0.4 is 9.44 Å². The van der Waals surface area contributed by atoms with Crippen LogP contribution >= 0.6 is 0 Å². The molecule has 0 amide bonds. The molecular formula is C23H24N2O4S2. The summed E-state index contributed by atoms with van der Waals surface area (Å²) in [6.07, 6.45) is 1.61. The van der Waals surface area contributed by atoms with Gasteiger partial charge in [0.25, 0.3) is 0 Å². The van der Waals surface area contributed by atoms with Gasteiger partial charge in [-0.3, -0.25) is 0 Å². The Labute approximate surface area is 183 Å². The van der Waals surface area contributed by atoms with Crippen LogP contribution in [0.15, 0.2) is 94.7 Å². The van der Waals surface area contributed by atoms with Crippen LogP contribution in [0.25, 0.3) is 0 Å². The zero-order valence-corrected chi connectivity index (χ0v) is 18.4.